The first-order chi connectivity index (χ1) is 61.9. The SMILES string of the molecule is C=CCN(CC=C)c1cc(NC(C)=O)c(N=Nc2c(Br)cc([N+](=O)[O-])cc2[N+](=O)[O-])cc1OC.C=CCN(CC=C)c1cc(NC(C)=O)c(N=Nc2c(Cl)cc([N+](=O)[O-])cc2[N+](=O)[O-])cc1OC.CCN(C)c1cc(NC(C)=O)c(N=Nc2c(Cl)cc([N+](=O)[O-])cc2[N+](=O)[O-])cc1OC.CCN(CC)c1cc(NC(C)=O)c(N=Nc2c(Br)cc([N+](=O)[O-])cc2[N+](=O)[O-])cc1OC. The zero-order valence-electron chi connectivity index (χ0n) is 71.6. The molecule has 0 saturated carbocycles. The number of nitrogens with zero attached hydrogens (tertiary/aromatic N) is 20. The number of halogens is 4. The van der Waals surface area contributed by atoms with Crippen molar-refractivity contribution < 1.29 is 77.5 Å². The van der Waals surface area contributed by atoms with Crippen LogP contribution in [0.4, 0.5) is 136 Å². The Labute approximate surface area is 770 Å². The highest BCUT2D eigenvalue weighted by Crippen LogP contribution is 2.49. The van der Waals surface area contributed by atoms with E-state index >= 15 is 0 Å². The molecule has 0 aliphatic heterocycles. The maximum absolute atomic E-state index is 11.8. The molecule has 8 aromatic rings. The van der Waals surface area contributed by atoms with Gasteiger partial charge in [0.1, 0.15) is 45.7 Å². The molecule has 48 nitrogen and oxygen atoms in total. The van der Waals surface area contributed by atoms with Crippen molar-refractivity contribution in [3.63, 3.8) is 0 Å². The highest BCUT2D eigenvalue weighted by atomic mass is 79.9. The second-order valence-electron chi connectivity index (χ2n) is 26.1. The number of nitro groups is 8. The number of anilines is 8. The first-order valence-electron chi connectivity index (χ1n) is 37.5. The van der Waals surface area contributed by atoms with Gasteiger partial charge in [0, 0.05) is 129 Å². The zero-order chi connectivity index (χ0) is 98.1. The van der Waals surface area contributed by atoms with Crippen molar-refractivity contribution in [3.05, 3.63) is 248 Å². The standard InChI is InChI=1S/C21H21BrN6O6.C21H21ClN6O6.C19H21BrN6O6.C18H19ClN6O6/c2*1-5-7-26(8-6-2)18-11-16(23-13(3)29)17(12-20(18)34-4)24-25-21-15(22)9-14(27(30)31)10-19(21)28(32)33;1-5-24(6-2)16-9-14(21-11(3)27)15(10-18(16)32-4)22-23-19-13(20)7-12(25(28)29)8-17(19)26(30)31;1-5-23(3)15-8-13(20-10(2)26)14(9-17(15)31-4)21-22-18-12(19)6-11(24(27)28)7-16(18)25(29)30/h2*5-6,9-12H,1-2,7-8H2,3-4H3,(H,23,29);7-10H,5-6H2,1-4H3,(H,21,27);6-9H,5H2,1-4H3,(H,20,26). The number of ether oxygens (including phenoxy) is 4. The summed E-state index contributed by atoms with van der Waals surface area (Å²) in [5.41, 5.74) is -1.51. The molecule has 52 heteroatoms. The Morgan fingerprint density at radius 1 is 0.351 bits per heavy atom. The molecule has 0 radical (unpaired) electrons. The largest absolute Gasteiger partial charge is 0.494 e. The summed E-state index contributed by atoms with van der Waals surface area (Å²) in [7, 11) is 7.67. The van der Waals surface area contributed by atoms with Gasteiger partial charge < -0.3 is 59.8 Å². The predicted molar refractivity (Wildman–Crippen MR) is 498 cm³/mol. The average molecular weight is 1980 g/mol. The van der Waals surface area contributed by atoms with Gasteiger partial charge in [0.2, 0.25) is 23.6 Å². The fraction of sp³-hybridized carbons (Fsp3) is 0.241. The molecule has 0 aliphatic rings. The summed E-state index contributed by atoms with van der Waals surface area (Å²) in [5, 5.41) is 131. The minimum absolute atomic E-state index is 0.00459. The second kappa shape index (κ2) is 49.9. The molecule has 0 spiro atoms. The van der Waals surface area contributed by atoms with Crippen LogP contribution in [0.3, 0.4) is 0 Å². The second-order valence-corrected chi connectivity index (χ2v) is 28.6. The smallest absolute Gasteiger partial charge is 0.305 e. The number of methoxy groups -OCH3 is 4. The van der Waals surface area contributed by atoms with Crippen LogP contribution in [-0.4, -0.2) is 144 Å². The normalized spacial score (nSPS) is 10.7. The fourth-order valence-corrected chi connectivity index (χ4v) is 12.9. The van der Waals surface area contributed by atoms with E-state index in [4.69, 9.17) is 42.1 Å². The molecule has 0 aromatic heterocycles. The van der Waals surface area contributed by atoms with Gasteiger partial charge in [-0.05, 0) is 76.9 Å². The number of hydrogen-bond acceptors (Lipinski definition) is 36. The summed E-state index contributed by atoms with van der Waals surface area (Å²) in [6.45, 7) is 29.9. The molecule has 8 rings (SSSR count). The predicted octanol–water partition coefficient (Wildman–Crippen LogP) is 22.0. The van der Waals surface area contributed by atoms with Crippen LogP contribution in [-0.2, 0) is 19.2 Å². The lowest BCUT2D eigenvalue weighted by Gasteiger charge is -2.25. The van der Waals surface area contributed by atoms with Gasteiger partial charge in [0.05, 0.1) is 157 Å². The quantitative estimate of drug-likeness (QED) is 0.0120. The average Bonchev–Trinajstić information content (AvgIpc) is 0.787. The van der Waals surface area contributed by atoms with Crippen molar-refractivity contribution in [2.45, 2.75) is 48.5 Å². The Bertz CT molecular complexity index is 5740. The Balaban J connectivity index is 0.000000309. The Hall–Kier alpha value is -15.9. The van der Waals surface area contributed by atoms with Gasteiger partial charge in [-0.2, -0.15) is 0 Å². The highest BCUT2D eigenvalue weighted by molar-refractivity contribution is 9.11. The molecule has 131 heavy (non-hydrogen) atoms. The van der Waals surface area contributed by atoms with Gasteiger partial charge in [0.15, 0.2) is 22.7 Å². The van der Waals surface area contributed by atoms with Gasteiger partial charge in [-0.1, -0.05) is 47.5 Å². The number of nitrogens with one attached hydrogen (secondary N) is 4. The first-order valence-corrected chi connectivity index (χ1v) is 39.8. The number of rotatable bonds is 39. The molecule has 0 atom stereocenters. The lowest BCUT2D eigenvalue weighted by molar-refractivity contribution is -0.394. The summed E-state index contributed by atoms with van der Waals surface area (Å²) >= 11 is 18.2. The van der Waals surface area contributed by atoms with Gasteiger partial charge in [0.25, 0.3) is 22.7 Å². The molecule has 0 fully saturated rings. The van der Waals surface area contributed by atoms with Crippen molar-refractivity contribution in [1.82, 2.24) is 0 Å². The van der Waals surface area contributed by atoms with Crippen LogP contribution in [0.15, 0.2) is 198 Å². The minimum atomic E-state index is -0.853. The molecule has 0 heterocycles. The number of non-ortho nitro benzene ring substituents is 4. The van der Waals surface area contributed by atoms with Crippen LogP contribution in [0, 0.1) is 80.9 Å². The van der Waals surface area contributed by atoms with E-state index in [1.165, 1.54) is 74.3 Å². The summed E-state index contributed by atoms with van der Waals surface area (Å²) in [6.07, 6.45) is 6.76. The number of carbonyl (C=O) groups excluding carboxylic acids is 4. The molecule has 8 aromatic carbocycles. The number of azo groups is 4. The third kappa shape index (κ3) is 29.1. The number of nitro benzene ring substituents is 8. The van der Waals surface area contributed by atoms with Gasteiger partial charge in [-0.3, -0.25) is 100 Å². The molecule has 690 valence electrons. The lowest BCUT2D eigenvalue weighted by atomic mass is 10.2. The van der Waals surface area contributed by atoms with E-state index in [2.05, 4.69) is 120 Å². The van der Waals surface area contributed by atoms with Crippen molar-refractivity contribution >= 4 is 215 Å². The topological polar surface area (TPSA) is 610 Å². The van der Waals surface area contributed by atoms with E-state index < -0.39 is 90.8 Å². The Morgan fingerprint density at radius 2 is 0.580 bits per heavy atom. The van der Waals surface area contributed by atoms with Crippen molar-refractivity contribution in [1.29, 1.82) is 0 Å². The molecule has 0 aliphatic carbocycles. The van der Waals surface area contributed by atoms with Crippen LogP contribution < -0.4 is 59.8 Å². The van der Waals surface area contributed by atoms with Crippen LogP contribution in [0.1, 0.15) is 48.5 Å². The number of hydrogen-bond donors (Lipinski definition) is 4. The maximum Gasteiger partial charge on any atom is 0.305 e. The van der Waals surface area contributed by atoms with E-state index in [1.807, 2.05) is 47.4 Å². The third-order valence-electron chi connectivity index (χ3n) is 17.3. The molecule has 4 amide bonds. The fourth-order valence-electron chi connectivity index (χ4n) is 11.4. The van der Waals surface area contributed by atoms with Crippen molar-refractivity contribution in [2.75, 3.05) is 122 Å². The Morgan fingerprint density at radius 3 is 0.802 bits per heavy atom. The van der Waals surface area contributed by atoms with Crippen molar-refractivity contribution in [2.24, 2.45) is 40.9 Å². The van der Waals surface area contributed by atoms with Gasteiger partial charge in [-0.25, -0.2) is 0 Å². The number of amides is 4. The van der Waals surface area contributed by atoms with Crippen LogP contribution >= 0.6 is 55.1 Å². The van der Waals surface area contributed by atoms with Crippen molar-refractivity contribution in [3.8, 4) is 23.0 Å². The summed E-state index contributed by atoms with van der Waals surface area (Å²) < 4.78 is 21.8. The summed E-state index contributed by atoms with van der Waals surface area (Å²) in [5.74, 6) is 0.163. The van der Waals surface area contributed by atoms with E-state index in [-0.39, 0.29) is 99.3 Å². The third-order valence-corrected chi connectivity index (χ3v) is 19.1. The van der Waals surface area contributed by atoms with Gasteiger partial charge >= 0.3 is 22.7 Å². The Kier molecular flexibility index (Phi) is 40.2. The lowest BCUT2D eigenvalue weighted by Crippen LogP contribution is -2.24. The van der Waals surface area contributed by atoms with E-state index in [9.17, 15) is 100 Å². The molecule has 0 unspecified atom stereocenters. The molecular weight excluding hydrogens is 1900 g/mol. The number of carbonyl (C=O) groups is 4. The van der Waals surface area contributed by atoms with E-state index in [1.54, 1.807) is 54.6 Å². The molecule has 0 saturated heterocycles. The summed E-state index contributed by atoms with van der Waals surface area (Å²) in [4.78, 5) is 138. The van der Waals surface area contributed by atoms with E-state index in [0.29, 0.717) is 91.6 Å². The molecule has 4 N–H and O–H groups in total. The van der Waals surface area contributed by atoms with Crippen LogP contribution in [0.2, 0.25) is 10.0 Å². The van der Waals surface area contributed by atoms with Gasteiger partial charge in [-0.15, -0.1) is 67.2 Å². The first kappa shape index (κ1) is 106. The number of benzene rings is 8. The molecular formula is C79H82Br2Cl2N24O24. The van der Waals surface area contributed by atoms with E-state index in [0.717, 1.165) is 54.2 Å². The maximum atomic E-state index is 11.8. The van der Waals surface area contributed by atoms with Crippen LogP contribution in [0.25, 0.3) is 0 Å². The highest BCUT2D eigenvalue weighted by Gasteiger charge is 2.30. The molecule has 0 bridgehead atoms. The monoisotopic (exact) mass is 1980 g/mol. The minimum Gasteiger partial charge on any atom is -0.494 e. The van der Waals surface area contributed by atoms with Crippen LogP contribution in [0.5, 0.6) is 23.0 Å². The zero-order valence-corrected chi connectivity index (χ0v) is 76.3. The summed E-state index contributed by atoms with van der Waals surface area (Å²) in [6, 6.07) is 19.7.